The van der Waals surface area contributed by atoms with Gasteiger partial charge in [-0.15, -0.1) is 0 Å². The molecule has 16 heavy (non-hydrogen) atoms. The topological polar surface area (TPSA) is 32.3 Å². The summed E-state index contributed by atoms with van der Waals surface area (Å²) in [4.78, 5) is 0. The molecular weight excluding hydrogens is 289 g/mol. The van der Waals surface area contributed by atoms with E-state index >= 15 is 0 Å². The third-order valence-corrected chi connectivity index (χ3v) is 3.84. The Morgan fingerprint density at radius 2 is 2.19 bits per heavy atom. The van der Waals surface area contributed by atoms with Gasteiger partial charge >= 0.3 is 0 Å². The Labute approximate surface area is 109 Å². The van der Waals surface area contributed by atoms with E-state index in [4.69, 9.17) is 11.6 Å². The molecule has 0 bridgehead atoms. The van der Waals surface area contributed by atoms with Crippen molar-refractivity contribution >= 4 is 27.5 Å². The number of nitrogens with one attached hydrogen (secondary N) is 1. The van der Waals surface area contributed by atoms with Crippen molar-refractivity contribution in [2.75, 3.05) is 0 Å². The molecule has 0 aliphatic heterocycles. The Morgan fingerprint density at radius 1 is 1.56 bits per heavy atom. The maximum absolute atomic E-state index is 9.90. The Bertz CT molecular complexity index is 410. The minimum absolute atomic E-state index is 0.116. The molecule has 0 heterocycles. The molecule has 1 saturated carbocycles. The summed E-state index contributed by atoms with van der Waals surface area (Å²) in [6, 6.07) is 4.30. The third-order valence-electron chi connectivity index (χ3n) is 3.10. The van der Waals surface area contributed by atoms with Crippen molar-refractivity contribution in [2.24, 2.45) is 5.92 Å². The van der Waals surface area contributed by atoms with E-state index in [9.17, 15) is 5.11 Å². The molecule has 0 aromatic heterocycles. The maximum atomic E-state index is 9.90. The molecule has 2 N–H and O–H groups in total. The third kappa shape index (κ3) is 2.53. The fourth-order valence-electron chi connectivity index (χ4n) is 1.88. The summed E-state index contributed by atoms with van der Waals surface area (Å²) >= 11 is 9.32. The van der Waals surface area contributed by atoms with E-state index in [-0.39, 0.29) is 11.8 Å². The van der Waals surface area contributed by atoms with Gasteiger partial charge in [-0.2, -0.15) is 0 Å². The number of phenolic OH excluding ortho intramolecular Hbond substituents is 1. The van der Waals surface area contributed by atoms with Gasteiger partial charge in [-0.25, -0.2) is 0 Å². The summed E-state index contributed by atoms with van der Waals surface area (Å²) in [5.41, 5.74) is 0.846. The Morgan fingerprint density at radius 3 is 2.75 bits per heavy atom. The lowest BCUT2D eigenvalue weighted by Gasteiger charge is -2.16. The first kappa shape index (κ1) is 12.2. The van der Waals surface area contributed by atoms with Gasteiger partial charge in [0.25, 0.3) is 0 Å². The summed E-state index contributed by atoms with van der Waals surface area (Å²) in [6.45, 7) is 4.26. The summed E-state index contributed by atoms with van der Waals surface area (Å²) in [5.74, 6) is 0.922. The molecule has 1 aromatic rings. The number of hydrogen-bond acceptors (Lipinski definition) is 2. The number of benzene rings is 1. The van der Waals surface area contributed by atoms with Crippen molar-refractivity contribution in [1.82, 2.24) is 5.32 Å². The molecule has 1 fully saturated rings. The Kier molecular flexibility index (Phi) is 3.48. The van der Waals surface area contributed by atoms with Crippen LogP contribution in [0, 0.1) is 5.92 Å². The molecular formula is C12H15BrClNO. The quantitative estimate of drug-likeness (QED) is 0.888. The predicted molar refractivity (Wildman–Crippen MR) is 69.9 cm³/mol. The monoisotopic (exact) mass is 303 g/mol. The maximum Gasteiger partial charge on any atom is 0.139 e. The first-order chi connectivity index (χ1) is 7.49. The van der Waals surface area contributed by atoms with E-state index in [0.29, 0.717) is 11.1 Å². The molecule has 1 aliphatic rings. The molecule has 0 spiro atoms. The van der Waals surface area contributed by atoms with Gasteiger partial charge in [0.05, 0.1) is 5.02 Å². The fraction of sp³-hybridized carbons (Fsp3) is 0.500. The van der Waals surface area contributed by atoms with Gasteiger partial charge < -0.3 is 10.4 Å². The number of hydrogen-bond donors (Lipinski definition) is 2. The number of phenols is 1. The number of halogens is 2. The van der Waals surface area contributed by atoms with Crippen LogP contribution in [0.1, 0.15) is 31.9 Å². The van der Waals surface area contributed by atoms with E-state index < -0.39 is 0 Å². The van der Waals surface area contributed by atoms with Crippen LogP contribution in [0.2, 0.25) is 5.02 Å². The molecule has 3 unspecified atom stereocenters. The highest BCUT2D eigenvalue weighted by Crippen LogP contribution is 2.37. The average molecular weight is 305 g/mol. The number of aromatic hydroxyl groups is 1. The van der Waals surface area contributed by atoms with Gasteiger partial charge in [0.2, 0.25) is 0 Å². The van der Waals surface area contributed by atoms with Crippen molar-refractivity contribution in [1.29, 1.82) is 0 Å². The van der Waals surface area contributed by atoms with Crippen LogP contribution in [0.5, 0.6) is 5.75 Å². The molecule has 2 nitrogen and oxygen atoms in total. The van der Waals surface area contributed by atoms with Gasteiger partial charge in [0, 0.05) is 22.1 Å². The lowest BCUT2D eigenvalue weighted by molar-refractivity contribution is 0.450. The van der Waals surface area contributed by atoms with Gasteiger partial charge in [-0.1, -0.05) is 34.5 Å². The normalized spacial score (nSPS) is 25.5. The van der Waals surface area contributed by atoms with Crippen molar-refractivity contribution in [3.63, 3.8) is 0 Å². The van der Waals surface area contributed by atoms with Gasteiger partial charge in [0.15, 0.2) is 0 Å². The van der Waals surface area contributed by atoms with Crippen LogP contribution >= 0.6 is 27.5 Å². The van der Waals surface area contributed by atoms with E-state index in [1.54, 1.807) is 6.07 Å². The van der Waals surface area contributed by atoms with E-state index in [0.717, 1.165) is 16.0 Å². The van der Waals surface area contributed by atoms with Crippen molar-refractivity contribution in [2.45, 2.75) is 32.4 Å². The van der Waals surface area contributed by atoms with Crippen LogP contribution in [-0.4, -0.2) is 11.1 Å². The molecule has 1 aromatic carbocycles. The van der Waals surface area contributed by atoms with Gasteiger partial charge in [-0.05, 0) is 31.4 Å². The summed E-state index contributed by atoms with van der Waals surface area (Å²) in [6.07, 6.45) is 1.22. The largest absolute Gasteiger partial charge is 0.506 e. The van der Waals surface area contributed by atoms with E-state index in [2.05, 4.69) is 28.2 Å². The Balaban J connectivity index is 2.18. The zero-order valence-corrected chi connectivity index (χ0v) is 11.6. The van der Waals surface area contributed by atoms with E-state index in [1.807, 2.05) is 13.0 Å². The molecule has 4 heteroatoms. The smallest absolute Gasteiger partial charge is 0.139 e. The molecule has 0 saturated heterocycles. The summed E-state index contributed by atoms with van der Waals surface area (Å²) in [5, 5.41) is 13.8. The minimum Gasteiger partial charge on any atom is -0.506 e. The molecule has 3 atom stereocenters. The first-order valence-corrected chi connectivity index (χ1v) is 6.60. The predicted octanol–water partition coefficient (Wildman–Crippen LogP) is 3.87. The molecule has 0 amide bonds. The van der Waals surface area contributed by atoms with Crippen molar-refractivity contribution in [3.8, 4) is 5.75 Å². The average Bonchev–Trinajstić information content (AvgIpc) is 2.87. The van der Waals surface area contributed by atoms with Crippen LogP contribution in [-0.2, 0) is 0 Å². The van der Waals surface area contributed by atoms with Crippen LogP contribution < -0.4 is 5.32 Å². The second-order valence-corrected chi connectivity index (χ2v) is 5.86. The van der Waals surface area contributed by atoms with Crippen molar-refractivity contribution in [3.05, 3.63) is 27.2 Å². The van der Waals surface area contributed by atoms with Gasteiger partial charge in [0.1, 0.15) is 5.75 Å². The zero-order chi connectivity index (χ0) is 11.9. The lowest BCUT2D eigenvalue weighted by Crippen LogP contribution is -2.22. The van der Waals surface area contributed by atoms with Crippen LogP contribution in [0.4, 0.5) is 0 Å². The van der Waals surface area contributed by atoms with Gasteiger partial charge in [-0.3, -0.25) is 0 Å². The highest BCUT2D eigenvalue weighted by Gasteiger charge is 2.33. The zero-order valence-electron chi connectivity index (χ0n) is 9.30. The standard InChI is InChI=1S/C12H15BrClNO/c1-6-3-11(6)15-7(2)9-4-8(13)5-10(14)12(9)16/h4-7,11,15-16H,3H2,1-2H3. The summed E-state index contributed by atoms with van der Waals surface area (Å²) in [7, 11) is 0. The highest BCUT2D eigenvalue weighted by molar-refractivity contribution is 9.10. The minimum atomic E-state index is 0.116. The Hall–Kier alpha value is -0.250. The van der Waals surface area contributed by atoms with E-state index in [1.165, 1.54) is 6.42 Å². The lowest BCUT2D eigenvalue weighted by atomic mass is 10.1. The molecule has 0 radical (unpaired) electrons. The van der Waals surface area contributed by atoms with Crippen LogP contribution in [0.15, 0.2) is 16.6 Å². The SMILES string of the molecule is CC(NC1CC1C)c1cc(Br)cc(Cl)c1O. The van der Waals surface area contributed by atoms with Crippen molar-refractivity contribution < 1.29 is 5.11 Å². The second kappa shape index (κ2) is 4.55. The molecule has 1 aliphatic carbocycles. The number of rotatable bonds is 3. The van der Waals surface area contributed by atoms with Crippen LogP contribution in [0.3, 0.4) is 0 Å². The molecule has 2 rings (SSSR count). The second-order valence-electron chi connectivity index (χ2n) is 4.53. The molecule has 88 valence electrons. The highest BCUT2D eigenvalue weighted by atomic mass is 79.9. The van der Waals surface area contributed by atoms with Crippen LogP contribution in [0.25, 0.3) is 0 Å². The fourth-order valence-corrected chi connectivity index (χ4v) is 2.72. The first-order valence-electron chi connectivity index (χ1n) is 5.43. The summed E-state index contributed by atoms with van der Waals surface area (Å²) < 4.78 is 0.891.